The topological polar surface area (TPSA) is 12.0 Å². The number of anilines is 1. The van der Waals surface area contributed by atoms with E-state index >= 15 is 0 Å². The maximum atomic E-state index is 3.72. The van der Waals surface area contributed by atoms with Gasteiger partial charge in [0.15, 0.2) is 0 Å². The van der Waals surface area contributed by atoms with Crippen molar-refractivity contribution in [3.8, 4) is 0 Å². The normalized spacial score (nSPS) is 29.0. The Hall–Kier alpha value is -0.630. The molecule has 0 heterocycles. The van der Waals surface area contributed by atoms with Gasteiger partial charge in [-0.3, -0.25) is 0 Å². The van der Waals surface area contributed by atoms with Crippen LogP contribution in [0.1, 0.15) is 33.1 Å². The lowest BCUT2D eigenvalue weighted by Gasteiger charge is -2.34. The minimum atomic E-state index is 0.649. The Morgan fingerprint density at radius 1 is 1.24 bits per heavy atom. The molecule has 0 aliphatic heterocycles. The van der Waals surface area contributed by atoms with Crippen LogP contribution >= 0.6 is 11.8 Å². The van der Waals surface area contributed by atoms with Crippen LogP contribution in [0.25, 0.3) is 0 Å². The number of hydrogen-bond donors (Lipinski definition) is 1. The monoisotopic (exact) mass is 249 g/mol. The first-order chi connectivity index (χ1) is 8.19. The Labute approximate surface area is 109 Å². The van der Waals surface area contributed by atoms with Crippen molar-refractivity contribution in [3.05, 3.63) is 24.3 Å². The van der Waals surface area contributed by atoms with E-state index in [1.54, 1.807) is 11.8 Å². The summed E-state index contributed by atoms with van der Waals surface area (Å²) >= 11 is 1.81. The van der Waals surface area contributed by atoms with Gasteiger partial charge in [0, 0.05) is 16.6 Å². The summed E-state index contributed by atoms with van der Waals surface area (Å²) in [7, 11) is 0. The van der Waals surface area contributed by atoms with Crippen LogP contribution in [-0.2, 0) is 0 Å². The smallest absolute Gasteiger partial charge is 0.0353 e. The van der Waals surface area contributed by atoms with E-state index in [2.05, 4.69) is 49.7 Å². The maximum Gasteiger partial charge on any atom is 0.0353 e. The fourth-order valence-electron chi connectivity index (χ4n) is 2.66. The van der Waals surface area contributed by atoms with E-state index in [4.69, 9.17) is 0 Å². The van der Waals surface area contributed by atoms with Crippen LogP contribution in [0.3, 0.4) is 0 Å². The molecule has 1 N–H and O–H groups in total. The fourth-order valence-corrected chi connectivity index (χ4v) is 3.12. The molecule has 1 aliphatic rings. The number of thioether (sulfide) groups is 1. The van der Waals surface area contributed by atoms with E-state index in [1.807, 2.05) is 0 Å². The van der Waals surface area contributed by atoms with Crippen LogP contribution in [0.2, 0.25) is 0 Å². The lowest BCUT2D eigenvalue weighted by atomic mass is 9.80. The minimum Gasteiger partial charge on any atom is -0.382 e. The van der Waals surface area contributed by atoms with Crippen molar-refractivity contribution in [2.45, 2.75) is 44.0 Å². The summed E-state index contributed by atoms with van der Waals surface area (Å²) in [4.78, 5) is 1.34. The molecule has 3 unspecified atom stereocenters. The van der Waals surface area contributed by atoms with Gasteiger partial charge >= 0.3 is 0 Å². The first kappa shape index (κ1) is 12.8. The van der Waals surface area contributed by atoms with Crippen LogP contribution in [0, 0.1) is 11.8 Å². The Morgan fingerprint density at radius 3 is 2.82 bits per heavy atom. The Bertz CT molecular complexity index is 364. The highest BCUT2D eigenvalue weighted by molar-refractivity contribution is 7.98. The zero-order valence-corrected chi connectivity index (χ0v) is 11.9. The third-order valence-corrected chi connectivity index (χ3v) is 4.61. The summed E-state index contributed by atoms with van der Waals surface area (Å²) in [5.74, 6) is 1.66. The molecule has 3 atom stereocenters. The van der Waals surface area contributed by atoms with Gasteiger partial charge in [0.1, 0.15) is 0 Å². The number of hydrogen-bond acceptors (Lipinski definition) is 2. The van der Waals surface area contributed by atoms with Gasteiger partial charge in [0.25, 0.3) is 0 Å². The van der Waals surface area contributed by atoms with Crippen LogP contribution < -0.4 is 5.32 Å². The van der Waals surface area contributed by atoms with Gasteiger partial charge in [0.2, 0.25) is 0 Å². The molecule has 0 spiro atoms. The van der Waals surface area contributed by atoms with E-state index in [0.717, 1.165) is 11.8 Å². The maximum absolute atomic E-state index is 3.72. The first-order valence-electron chi connectivity index (χ1n) is 6.59. The number of rotatable bonds is 3. The lowest BCUT2D eigenvalue weighted by molar-refractivity contribution is 0.280. The highest BCUT2D eigenvalue weighted by Gasteiger charge is 2.25. The highest BCUT2D eigenvalue weighted by atomic mass is 32.2. The van der Waals surface area contributed by atoms with Crippen LogP contribution in [0.15, 0.2) is 29.2 Å². The van der Waals surface area contributed by atoms with Crippen molar-refractivity contribution in [2.24, 2.45) is 11.8 Å². The standard InChI is InChI=1S/C15H23NS/c1-11-7-8-12(2)15(9-11)16-13-5-4-6-14(10-13)17-3/h4-6,10-12,15-16H,7-9H2,1-3H3. The molecule has 2 heteroatoms. The predicted octanol–water partition coefficient (Wildman–Crippen LogP) is 4.65. The van der Waals surface area contributed by atoms with Crippen molar-refractivity contribution >= 4 is 17.4 Å². The predicted molar refractivity (Wildman–Crippen MR) is 77.8 cm³/mol. The fraction of sp³-hybridized carbons (Fsp3) is 0.600. The summed E-state index contributed by atoms with van der Waals surface area (Å²) in [6.07, 6.45) is 6.19. The third-order valence-electron chi connectivity index (χ3n) is 3.88. The largest absolute Gasteiger partial charge is 0.382 e. The SMILES string of the molecule is CSc1cccc(NC2CC(C)CCC2C)c1. The molecule has 0 aromatic heterocycles. The van der Waals surface area contributed by atoms with E-state index in [9.17, 15) is 0 Å². The second-order valence-corrected chi connectivity index (χ2v) is 6.26. The van der Waals surface area contributed by atoms with E-state index in [1.165, 1.54) is 29.8 Å². The van der Waals surface area contributed by atoms with Crippen molar-refractivity contribution in [1.29, 1.82) is 0 Å². The molecule has 1 aliphatic carbocycles. The minimum absolute atomic E-state index is 0.649. The van der Waals surface area contributed by atoms with Gasteiger partial charge in [0.05, 0.1) is 0 Å². The average molecular weight is 249 g/mol. The van der Waals surface area contributed by atoms with Crippen molar-refractivity contribution in [3.63, 3.8) is 0 Å². The molecular formula is C15H23NS. The molecule has 94 valence electrons. The van der Waals surface area contributed by atoms with E-state index < -0.39 is 0 Å². The summed E-state index contributed by atoms with van der Waals surface area (Å²) in [6.45, 7) is 4.75. The van der Waals surface area contributed by atoms with Gasteiger partial charge in [-0.25, -0.2) is 0 Å². The molecule has 1 saturated carbocycles. The highest BCUT2D eigenvalue weighted by Crippen LogP contribution is 2.31. The molecule has 0 radical (unpaired) electrons. The van der Waals surface area contributed by atoms with Crippen LogP contribution in [0.4, 0.5) is 5.69 Å². The zero-order chi connectivity index (χ0) is 12.3. The quantitative estimate of drug-likeness (QED) is 0.783. The molecule has 0 bridgehead atoms. The van der Waals surface area contributed by atoms with Gasteiger partial charge < -0.3 is 5.32 Å². The van der Waals surface area contributed by atoms with Crippen molar-refractivity contribution in [2.75, 3.05) is 11.6 Å². The second-order valence-electron chi connectivity index (χ2n) is 5.38. The number of benzene rings is 1. The number of nitrogens with one attached hydrogen (secondary N) is 1. The first-order valence-corrected chi connectivity index (χ1v) is 7.82. The van der Waals surface area contributed by atoms with E-state index in [0.29, 0.717) is 6.04 Å². The zero-order valence-electron chi connectivity index (χ0n) is 11.1. The molecule has 0 saturated heterocycles. The molecule has 17 heavy (non-hydrogen) atoms. The van der Waals surface area contributed by atoms with Crippen molar-refractivity contribution in [1.82, 2.24) is 0 Å². The molecular weight excluding hydrogens is 226 g/mol. The van der Waals surface area contributed by atoms with Gasteiger partial charge in [-0.1, -0.05) is 26.3 Å². The Morgan fingerprint density at radius 2 is 2.06 bits per heavy atom. The van der Waals surface area contributed by atoms with E-state index in [-0.39, 0.29) is 0 Å². The van der Waals surface area contributed by atoms with Crippen LogP contribution in [-0.4, -0.2) is 12.3 Å². The van der Waals surface area contributed by atoms with Gasteiger partial charge in [-0.05, 0) is 49.1 Å². The van der Waals surface area contributed by atoms with Crippen molar-refractivity contribution < 1.29 is 0 Å². The molecule has 1 nitrogen and oxygen atoms in total. The molecule has 2 rings (SSSR count). The molecule has 1 fully saturated rings. The summed E-state index contributed by atoms with van der Waals surface area (Å²) < 4.78 is 0. The summed E-state index contributed by atoms with van der Waals surface area (Å²) in [5, 5.41) is 3.72. The van der Waals surface area contributed by atoms with Crippen LogP contribution in [0.5, 0.6) is 0 Å². The second kappa shape index (κ2) is 5.81. The summed E-state index contributed by atoms with van der Waals surface area (Å²) in [5.41, 5.74) is 1.28. The molecule has 0 amide bonds. The Kier molecular flexibility index (Phi) is 4.38. The lowest BCUT2D eigenvalue weighted by Crippen LogP contribution is -2.33. The molecule has 1 aromatic rings. The molecule has 1 aromatic carbocycles. The third kappa shape index (κ3) is 3.41. The van der Waals surface area contributed by atoms with Gasteiger partial charge in [-0.2, -0.15) is 0 Å². The average Bonchev–Trinajstić information content (AvgIpc) is 2.34. The Balaban J connectivity index is 2.03. The summed E-state index contributed by atoms with van der Waals surface area (Å²) in [6, 6.07) is 9.41. The van der Waals surface area contributed by atoms with Gasteiger partial charge in [-0.15, -0.1) is 11.8 Å².